The second kappa shape index (κ2) is 65.8. The number of phosphoric acid groups is 2. The maximum absolute atomic E-state index is 13.0. The number of hydrogen-bond acceptors (Lipinski definition) is 15. The molecule has 3 N–H and O–H groups in total. The number of hydrogen-bond donors (Lipinski definition) is 3. The van der Waals surface area contributed by atoms with Crippen LogP contribution in [-0.2, 0) is 65.4 Å². The first-order valence-electron chi connectivity index (χ1n) is 37.5. The molecular weight excluding hydrogens is 1210 g/mol. The van der Waals surface area contributed by atoms with Gasteiger partial charge in [0.2, 0.25) is 0 Å². The molecule has 0 aromatic rings. The molecule has 0 aromatic carbocycles. The lowest BCUT2D eigenvalue weighted by Crippen LogP contribution is -2.30. The Labute approximate surface area is 561 Å². The molecule has 0 aliphatic heterocycles. The summed E-state index contributed by atoms with van der Waals surface area (Å²) in [6.07, 6.45) is 56.4. The molecule has 19 heteroatoms. The Hall–Kier alpha value is -2.46. The quantitative estimate of drug-likeness (QED) is 0.0169. The van der Waals surface area contributed by atoms with Crippen molar-refractivity contribution in [2.24, 2.45) is 5.92 Å². The first kappa shape index (κ1) is 89.5. The third kappa shape index (κ3) is 64.9. The van der Waals surface area contributed by atoms with E-state index in [2.05, 4.69) is 58.9 Å². The van der Waals surface area contributed by atoms with Gasteiger partial charge in [0.05, 0.1) is 26.4 Å². The van der Waals surface area contributed by atoms with E-state index in [1.165, 1.54) is 148 Å². The van der Waals surface area contributed by atoms with Crippen molar-refractivity contribution in [1.82, 2.24) is 0 Å². The van der Waals surface area contributed by atoms with Gasteiger partial charge in [0.25, 0.3) is 0 Å². The number of allylic oxidation sites excluding steroid dienone is 4. The molecule has 0 aliphatic rings. The van der Waals surface area contributed by atoms with Crippen LogP contribution in [0.1, 0.15) is 356 Å². The van der Waals surface area contributed by atoms with Crippen LogP contribution in [0.2, 0.25) is 0 Å². The van der Waals surface area contributed by atoms with Gasteiger partial charge in [-0.05, 0) is 57.3 Å². The summed E-state index contributed by atoms with van der Waals surface area (Å²) in [5.74, 6) is -1.39. The van der Waals surface area contributed by atoms with E-state index in [0.29, 0.717) is 25.7 Å². The van der Waals surface area contributed by atoms with E-state index in [1.54, 1.807) is 0 Å². The van der Waals surface area contributed by atoms with Crippen molar-refractivity contribution in [3.63, 3.8) is 0 Å². The first-order chi connectivity index (χ1) is 44.6. The largest absolute Gasteiger partial charge is 0.472 e. The van der Waals surface area contributed by atoms with Crippen LogP contribution in [0.4, 0.5) is 0 Å². The lowest BCUT2D eigenvalue weighted by molar-refractivity contribution is -0.161. The number of ether oxygens (including phenoxy) is 4. The zero-order valence-electron chi connectivity index (χ0n) is 59.2. The zero-order chi connectivity index (χ0) is 67.7. The number of rotatable bonds is 71. The zero-order valence-corrected chi connectivity index (χ0v) is 61.0. The molecule has 0 amide bonds. The Morgan fingerprint density at radius 1 is 0.348 bits per heavy atom. The van der Waals surface area contributed by atoms with Gasteiger partial charge in [0, 0.05) is 25.7 Å². The van der Waals surface area contributed by atoms with E-state index in [0.717, 1.165) is 128 Å². The lowest BCUT2D eigenvalue weighted by atomic mass is 9.99. The number of unbranched alkanes of at least 4 members (excludes halogenated alkanes) is 39. The highest BCUT2D eigenvalue weighted by molar-refractivity contribution is 7.47. The summed E-state index contributed by atoms with van der Waals surface area (Å²) in [4.78, 5) is 72.5. The SMILES string of the molecule is CCCCCC/C=C\C=C/CCCCCCCC(=O)OC[C@H](COP(=O)(O)OC[C@@H](O)COP(=O)(O)OC[C@@H](COC(=O)CCCCCCCCC)OC(=O)CCCCCCCCCCC(C)CC)OC(=O)CCCCCCCCCCCCCCCCCCCC. The number of carbonyl (C=O) groups is 4. The van der Waals surface area contributed by atoms with Crippen LogP contribution in [0.25, 0.3) is 0 Å². The lowest BCUT2D eigenvalue weighted by Gasteiger charge is -2.21. The molecule has 0 aromatic heterocycles. The summed E-state index contributed by atoms with van der Waals surface area (Å²) in [5, 5.41) is 10.6. The molecule has 0 saturated carbocycles. The molecule has 0 bridgehead atoms. The number of esters is 4. The molecule has 0 spiro atoms. The van der Waals surface area contributed by atoms with Gasteiger partial charge in [-0.2, -0.15) is 0 Å². The third-order valence-corrected chi connectivity index (χ3v) is 18.7. The highest BCUT2D eigenvalue weighted by Crippen LogP contribution is 2.45. The van der Waals surface area contributed by atoms with Crippen molar-refractivity contribution in [3.8, 4) is 0 Å². The second-order valence-electron chi connectivity index (χ2n) is 25.9. The fraction of sp³-hybridized carbons (Fsp3) is 0.890. The Balaban J connectivity index is 5.24. The minimum absolute atomic E-state index is 0.102. The number of aliphatic hydroxyl groups excluding tert-OH is 1. The molecule has 0 rings (SSSR count). The van der Waals surface area contributed by atoms with Crippen LogP contribution in [0.15, 0.2) is 24.3 Å². The molecule has 542 valence electrons. The van der Waals surface area contributed by atoms with Crippen LogP contribution in [0, 0.1) is 5.92 Å². The predicted octanol–water partition coefficient (Wildman–Crippen LogP) is 20.9. The smallest absolute Gasteiger partial charge is 0.462 e. The highest BCUT2D eigenvalue weighted by Gasteiger charge is 2.30. The Morgan fingerprint density at radius 2 is 0.609 bits per heavy atom. The molecule has 3 unspecified atom stereocenters. The van der Waals surface area contributed by atoms with Gasteiger partial charge in [-0.1, -0.05) is 303 Å². The molecule has 0 heterocycles. The van der Waals surface area contributed by atoms with Gasteiger partial charge in [-0.15, -0.1) is 0 Å². The van der Waals surface area contributed by atoms with E-state index in [-0.39, 0.29) is 25.7 Å². The fourth-order valence-corrected chi connectivity index (χ4v) is 12.2. The highest BCUT2D eigenvalue weighted by atomic mass is 31.2. The second-order valence-corrected chi connectivity index (χ2v) is 28.8. The topological polar surface area (TPSA) is 237 Å². The van der Waals surface area contributed by atoms with E-state index in [1.807, 2.05) is 0 Å². The van der Waals surface area contributed by atoms with Crippen LogP contribution in [-0.4, -0.2) is 96.7 Å². The fourth-order valence-electron chi connectivity index (χ4n) is 10.6. The van der Waals surface area contributed by atoms with Gasteiger partial charge >= 0.3 is 39.5 Å². The molecule has 0 aliphatic carbocycles. The number of aliphatic hydroxyl groups is 1. The average molecular weight is 1350 g/mol. The van der Waals surface area contributed by atoms with Crippen LogP contribution >= 0.6 is 15.6 Å². The molecular formula is C73H138O17P2. The van der Waals surface area contributed by atoms with Gasteiger partial charge < -0.3 is 33.8 Å². The van der Waals surface area contributed by atoms with Crippen molar-refractivity contribution in [2.45, 2.75) is 374 Å². The minimum atomic E-state index is -4.96. The monoisotopic (exact) mass is 1350 g/mol. The molecule has 92 heavy (non-hydrogen) atoms. The Bertz CT molecular complexity index is 1870. The van der Waals surface area contributed by atoms with Gasteiger partial charge in [-0.25, -0.2) is 9.13 Å². The molecule has 6 atom stereocenters. The Morgan fingerprint density at radius 3 is 0.924 bits per heavy atom. The van der Waals surface area contributed by atoms with E-state index in [4.69, 9.17) is 37.0 Å². The molecule has 0 radical (unpaired) electrons. The summed E-state index contributed by atoms with van der Waals surface area (Å²) in [7, 11) is -9.91. The maximum atomic E-state index is 13.0. The first-order valence-corrected chi connectivity index (χ1v) is 40.5. The van der Waals surface area contributed by atoms with Crippen LogP contribution < -0.4 is 0 Å². The van der Waals surface area contributed by atoms with Crippen LogP contribution in [0.3, 0.4) is 0 Å². The van der Waals surface area contributed by atoms with Gasteiger partial charge in [0.15, 0.2) is 12.2 Å². The van der Waals surface area contributed by atoms with E-state index in [9.17, 15) is 43.2 Å². The summed E-state index contributed by atoms with van der Waals surface area (Å²) in [6.45, 7) is 7.15. The number of phosphoric ester groups is 2. The summed E-state index contributed by atoms with van der Waals surface area (Å²) in [5.41, 5.74) is 0. The standard InChI is InChI=1S/C73H138O17P2/c1-6-10-13-16-19-21-23-25-27-28-29-31-33-35-37-43-48-53-58-72(77)89-69(63-84-71(76)57-52-47-42-36-34-32-30-26-24-22-20-17-14-11-7-2)65-88-92(81,82)86-61-67(74)60-85-91(79,80)87-64-68(62-83-70(75)56-51-46-40-18-15-12-8-3)90-73(78)59-54-49-44-39-38-41-45-50-55-66(5)9-4/h22,24,26,30,66-69,74H,6-21,23,25,27-29,31-65H2,1-5H3,(H,79,80)(H,81,82)/b24-22-,30-26-/t66?,67-,68+,69+/m0/s1. The third-order valence-electron chi connectivity index (χ3n) is 16.8. The minimum Gasteiger partial charge on any atom is -0.462 e. The normalized spacial score (nSPS) is 14.5. The maximum Gasteiger partial charge on any atom is 0.472 e. The van der Waals surface area contributed by atoms with Crippen molar-refractivity contribution in [2.75, 3.05) is 39.6 Å². The predicted molar refractivity (Wildman–Crippen MR) is 372 cm³/mol. The van der Waals surface area contributed by atoms with Gasteiger partial charge in [-0.3, -0.25) is 37.3 Å². The summed E-state index contributed by atoms with van der Waals surface area (Å²) < 4.78 is 68.2. The average Bonchev–Trinajstić information content (AvgIpc) is 2.29. The molecule has 0 saturated heterocycles. The van der Waals surface area contributed by atoms with Crippen molar-refractivity contribution in [3.05, 3.63) is 24.3 Å². The molecule has 0 fully saturated rings. The van der Waals surface area contributed by atoms with Crippen molar-refractivity contribution < 1.29 is 80.2 Å². The molecule has 17 nitrogen and oxygen atoms in total. The van der Waals surface area contributed by atoms with Crippen LogP contribution in [0.5, 0.6) is 0 Å². The Kier molecular flexibility index (Phi) is 64.0. The van der Waals surface area contributed by atoms with Gasteiger partial charge in [0.1, 0.15) is 19.3 Å². The number of carbonyl (C=O) groups excluding carboxylic acids is 4. The summed E-state index contributed by atoms with van der Waals surface area (Å²) >= 11 is 0. The van der Waals surface area contributed by atoms with Crippen molar-refractivity contribution in [1.29, 1.82) is 0 Å². The summed E-state index contributed by atoms with van der Waals surface area (Å²) in [6, 6.07) is 0. The van der Waals surface area contributed by atoms with E-state index < -0.39 is 97.5 Å². The van der Waals surface area contributed by atoms with Crippen molar-refractivity contribution >= 4 is 39.5 Å². The van der Waals surface area contributed by atoms with E-state index >= 15 is 0 Å².